The molecule has 1 rings (SSSR count). The lowest BCUT2D eigenvalue weighted by atomic mass is 10.0. The Kier molecular flexibility index (Phi) is 4.82. The highest BCUT2D eigenvalue weighted by molar-refractivity contribution is 5.98. The summed E-state index contributed by atoms with van der Waals surface area (Å²) in [6.07, 6.45) is 0. The van der Waals surface area contributed by atoms with Crippen LogP contribution in [0.4, 0.5) is 0 Å². The molecule has 0 amide bonds. The molecular formula is C11H16O2. The average molecular weight is 180 g/mol. The molecule has 0 atom stereocenters. The summed E-state index contributed by atoms with van der Waals surface area (Å²) in [6, 6.07) is 5.04. The first kappa shape index (κ1) is 11.7. The lowest BCUT2D eigenvalue weighted by molar-refractivity contribution is 0.101. The van der Waals surface area contributed by atoms with Gasteiger partial charge in [-0.3, -0.25) is 4.79 Å². The van der Waals surface area contributed by atoms with Crippen molar-refractivity contribution in [1.82, 2.24) is 0 Å². The molecule has 72 valence electrons. The van der Waals surface area contributed by atoms with E-state index in [9.17, 15) is 9.90 Å². The molecule has 0 saturated heterocycles. The molecule has 0 radical (unpaired) electrons. The molecular weight excluding hydrogens is 164 g/mol. The van der Waals surface area contributed by atoms with E-state index in [0.717, 1.165) is 5.56 Å². The zero-order valence-corrected chi connectivity index (χ0v) is 8.59. The Labute approximate surface area is 79.2 Å². The third-order valence-electron chi connectivity index (χ3n) is 1.60. The van der Waals surface area contributed by atoms with E-state index >= 15 is 0 Å². The number of benzene rings is 1. The van der Waals surface area contributed by atoms with Crippen LogP contribution in [0.5, 0.6) is 5.75 Å². The second kappa shape index (κ2) is 5.36. The Balaban J connectivity index is 0.000000671. The van der Waals surface area contributed by atoms with Crippen molar-refractivity contribution in [3.05, 3.63) is 29.3 Å². The molecule has 1 N–H and O–H groups in total. The predicted octanol–water partition coefficient (Wildman–Crippen LogP) is 2.93. The molecule has 0 aliphatic rings. The van der Waals surface area contributed by atoms with Gasteiger partial charge in [0.2, 0.25) is 0 Å². The minimum Gasteiger partial charge on any atom is -0.507 e. The molecule has 0 fully saturated rings. The van der Waals surface area contributed by atoms with Crippen LogP contribution in [0.2, 0.25) is 0 Å². The van der Waals surface area contributed by atoms with Crippen molar-refractivity contribution < 1.29 is 9.90 Å². The standard InChI is InChI=1S/C9H10O2.C2H6/c1-6-4-3-5-8(11)9(6)7(2)10;1-2/h3-5,11H,1-2H3;1-2H3. The lowest BCUT2D eigenvalue weighted by Gasteiger charge is -2.02. The lowest BCUT2D eigenvalue weighted by Crippen LogP contribution is -1.95. The van der Waals surface area contributed by atoms with E-state index in [1.165, 1.54) is 13.0 Å². The average Bonchev–Trinajstić information content (AvgIpc) is 2.07. The van der Waals surface area contributed by atoms with E-state index < -0.39 is 0 Å². The van der Waals surface area contributed by atoms with Gasteiger partial charge in [-0.2, -0.15) is 0 Å². The molecule has 0 spiro atoms. The van der Waals surface area contributed by atoms with Crippen LogP contribution in [0.25, 0.3) is 0 Å². The number of phenolic OH excluding ortho intramolecular Hbond substituents is 1. The number of Topliss-reactive ketones (excluding diaryl/α,β-unsaturated/α-hetero) is 1. The fraction of sp³-hybridized carbons (Fsp3) is 0.364. The predicted molar refractivity (Wildman–Crippen MR) is 54.2 cm³/mol. The van der Waals surface area contributed by atoms with Crippen molar-refractivity contribution in [2.45, 2.75) is 27.7 Å². The largest absolute Gasteiger partial charge is 0.507 e. The molecule has 0 heterocycles. The van der Waals surface area contributed by atoms with Gasteiger partial charge in [0.1, 0.15) is 5.75 Å². The molecule has 2 nitrogen and oxygen atoms in total. The van der Waals surface area contributed by atoms with Gasteiger partial charge in [0, 0.05) is 0 Å². The SMILES string of the molecule is CC.CC(=O)c1c(C)cccc1O. The minimum absolute atomic E-state index is 0.0671. The third-order valence-corrected chi connectivity index (χ3v) is 1.60. The zero-order valence-electron chi connectivity index (χ0n) is 8.59. The Morgan fingerprint density at radius 2 is 1.85 bits per heavy atom. The fourth-order valence-corrected chi connectivity index (χ4v) is 1.11. The number of rotatable bonds is 1. The first-order valence-electron chi connectivity index (χ1n) is 4.42. The van der Waals surface area contributed by atoms with E-state index in [1.54, 1.807) is 19.1 Å². The molecule has 0 aliphatic heterocycles. The van der Waals surface area contributed by atoms with E-state index in [1.807, 2.05) is 13.8 Å². The van der Waals surface area contributed by atoms with E-state index in [2.05, 4.69) is 0 Å². The third kappa shape index (κ3) is 2.90. The van der Waals surface area contributed by atoms with Crippen LogP contribution >= 0.6 is 0 Å². The van der Waals surface area contributed by atoms with Gasteiger partial charge in [0.05, 0.1) is 5.56 Å². The maximum atomic E-state index is 10.9. The number of hydrogen-bond acceptors (Lipinski definition) is 2. The van der Waals surface area contributed by atoms with Crippen molar-refractivity contribution in [1.29, 1.82) is 0 Å². The number of carbonyl (C=O) groups excluding carboxylic acids is 1. The van der Waals surface area contributed by atoms with Gasteiger partial charge in [-0.05, 0) is 25.5 Å². The Hall–Kier alpha value is -1.31. The number of carbonyl (C=O) groups is 1. The van der Waals surface area contributed by atoms with E-state index in [4.69, 9.17) is 0 Å². The molecule has 0 unspecified atom stereocenters. The molecule has 0 bridgehead atoms. The molecule has 0 aliphatic carbocycles. The minimum atomic E-state index is -0.0967. The number of aryl methyl sites for hydroxylation is 1. The first-order valence-corrected chi connectivity index (χ1v) is 4.42. The zero-order chi connectivity index (χ0) is 10.4. The van der Waals surface area contributed by atoms with Crippen molar-refractivity contribution in [3.63, 3.8) is 0 Å². The second-order valence-electron chi connectivity index (χ2n) is 2.53. The Morgan fingerprint density at radius 3 is 2.15 bits per heavy atom. The van der Waals surface area contributed by atoms with Crippen molar-refractivity contribution in [2.75, 3.05) is 0 Å². The van der Waals surface area contributed by atoms with E-state index in [0.29, 0.717) is 5.56 Å². The van der Waals surface area contributed by atoms with Crippen LogP contribution in [-0.2, 0) is 0 Å². The fourth-order valence-electron chi connectivity index (χ4n) is 1.11. The van der Waals surface area contributed by atoms with Gasteiger partial charge in [-0.25, -0.2) is 0 Å². The van der Waals surface area contributed by atoms with Gasteiger partial charge in [0.15, 0.2) is 5.78 Å². The molecule has 0 saturated carbocycles. The van der Waals surface area contributed by atoms with Crippen LogP contribution in [0.1, 0.15) is 36.7 Å². The summed E-state index contributed by atoms with van der Waals surface area (Å²) in [5.41, 5.74) is 1.24. The summed E-state index contributed by atoms with van der Waals surface area (Å²) in [4.78, 5) is 10.9. The maximum Gasteiger partial charge on any atom is 0.163 e. The molecule has 1 aromatic carbocycles. The van der Waals surface area contributed by atoms with Crippen LogP contribution in [0.3, 0.4) is 0 Å². The summed E-state index contributed by atoms with van der Waals surface area (Å²) in [6.45, 7) is 7.25. The van der Waals surface area contributed by atoms with Crippen LogP contribution in [-0.4, -0.2) is 10.9 Å². The summed E-state index contributed by atoms with van der Waals surface area (Å²) >= 11 is 0. The molecule has 0 aromatic heterocycles. The number of hydrogen-bond donors (Lipinski definition) is 1. The Bertz CT molecular complexity index is 270. The van der Waals surface area contributed by atoms with Crippen molar-refractivity contribution in [2.24, 2.45) is 0 Å². The highest BCUT2D eigenvalue weighted by Gasteiger charge is 2.07. The second-order valence-corrected chi connectivity index (χ2v) is 2.53. The topological polar surface area (TPSA) is 37.3 Å². The first-order chi connectivity index (χ1) is 6.13. The van der Waals surface area contributed by atoms with Gasteiger partial charge in [0.25, 0.3) is 0 Å². The number of phenols is 1. The van der Waals surface area contributed by atoms with Crippen LogP contribution in [0, 0.1) is 6.92 Å². The summed E-state index contributed by atoms with van der Waals surface area (Å²) in [5.74, 6) is -0.0295. The quantitative estimate of drug-likeness (QED) is 0.675. The summed E-state index contributed by atoms with van der Waals surface area (Å²) in [5, 5.41) is 9.24. The normalized spacial score (nSPS) is 8.62. The Morgan fingerprint density at radius 1 is 1.31 bits per heavy atom. The van der Waals surface area contributed by atoms with Gasteiger partial charge in [-0.15, -0.1) is 0 Å². The monoisotopic (exact) mass is 180 g/mol. The molecule has 1 aromatic rings. The summed E-state index contributed by atoms with van der Waals surface area (Å²) in [7, 11) is 0. The van der Waals surface area contributed by atoms with Gasteiger partial charge >= 0.3 is 0 Å². The van der Waals surface area contributed by atoms with Crippen molar-refractivity contribution in [3.8, 4) is 5.75 Å². The van der Waals surface area contributed by atoms with Crippen molar-refractivity contribution >= 4 is 5.78 Å². The molecule has 13 heavy (non-hydrogen) atoms. The molecule has 2 heteroatoms. The van der Waals surface area contributed by atoms with Gasteiger partial charge in [-0.1, -0.05) is 26.0 Å². The van der Waals surface area contributed by atoms with E-state index in [-0.39, 0.29) is 11.5 Å². The van der Waals surface area contributed by atoms with Gasteiger partial charge < -0.3 is 5.11 Å². The van der Waals surface area contributed by atoms with Crippen LogP contribution in [0.15, 0.2) is 18.2 Å². The maximum absolute atomic E-state index is 10.9. The van der Waals surface area contributed by atoms with Crippen LogP contribution < -0.4 is 0 Å². The highest BCUT2D eigenvalue weighted by atomic mass is 16.3. The number of aromatic hydroxyl groups is 1. The summed E-state index contributed by atoms with van der Waals surface area (Å²) < 4.78 is 0. The highest BCUT2D eigenvalue weighted by Crippen LogP contribution is 2.20. The smallest absolute Gasteiger partial charge is 0.163 e. The number of ketones is 1.